The van der Waals surface area contributed by atoms with Crippen molar-refractivity contribution in [2.24, 2.45) is 11.8 Å². The van der Waals surface area contributed by atoms with Gasteiger partial charge in [-0.15, -0.1) is 0 Å². The van der Waals surface area contributed by atoms with Crippen LogP contribution < -0.4 is 26.2 Å². The van der Waals surface area contributed by atoms with Crippen LogP contribution in [0.25, 0.3) is 0 Å². The van der Waals surface area contributed by atoms with Crippen LogP contribution in [-0.4, -0.2) is 18.1 Å². The third-order valence-corrected chi connectivity index (χ3v) is 8.30. The van der Waals surface area contributed by atoms with Crippen LogP contribution in [-0.2, 0) is 0 Å². The van der Waals surface area contributed by atoms with E-state index in [0.29, 0.717) is 30.0 Å². The highest BCUT2D eigenvalue weighted by atomic mass is 15.2. The predicted octanol–water partition coefficient (Wildman–Crippen LogP) is 12.0. The molecule has 0 radical (unpaired) electrons. The van der Waals surface area contributed by atoms with Gasteiger partial charge in [-0.1, -0.05) is 27.7 Å². The minimum Gasteiger partial charge on any atom is -0.383 e. The first-order valence-electron chi connectivity index (χ1n) is 17.2. The van der Waals surface area contributed by atoms with Gasteiger partial charge in [0.15, 0.2) is 0 Å². The Labute approximate surface area is 279 Å². The lowest BCUT2D eigenvalue weighted by Gasteiger charge is -2.30. The third kappa shape index (κ3) is 9.94. The molecule has 0 aliphatic heterocycles. The van der Waals surface area contributed by atoms with Crippen molar-refractivity contribution in [1.29, 1.82) is 0 Å². The first-order valence-corrected chi connectivity index (χ1v) is 17.2. The quantitative estimate of drug-likeness (QED) is 0.107. The van der Waals surface area contributed by atoms with Crippen LogP contribution in [0.5, 0.6) is 0 Å². The van der Waals surface area contributed by atoms with Gasteiger partial charge >= 0.3 is 0 Å². The molecule has 246 valence electrons. The molecule has 0 saturated heterocycles. The standard InChI is InChI=1S/C41H57N5/c1-27(2)23-32(9)42-34-11-15-36(16-12-34)44-40-21-19-38(25-30(40)7)46(29(5)6)39-20-22-41(31(8)26-39)45-37-17-13-35(14-18-37)43-33(10)24-28(3)4/h11-22,25-29,32-33,42-45H,23-24H2,1-10H3. The van der Waals surface area contributed by atoms with Crippen molar-refractivity contribution in [3.05, 3.63) is 96.1 Å². The van der Waals surface area contributed by atoms with E-state index in [1.807, 2.05) is 0 Å². The maximum Gasteiger partial charge on any atom is 0.0417 e. The predicted molar refractivity (Wildman–Crippen MR) is 204 cm³/mol. The lowest BCUT2D eigenvalue weighted by atomic mass is 10.1. The summed E-state index contributed by atoms with van der Waals surface area (Å²) in [6.45, 7) is 22.4. The Morgan fingerprint density at radius 1 is 0.478 bits per heavy atom. The summed E-state index contributed by atoms with van der Waals surface area (Å²) >= 11 is 0. The summed E-state index contributed by atoms with van der Waals surface area (Å²) in [7, 11) is 0. The fourth-order valence-corrected chi connectivity index (χ4v) is 6.33. The van der Waals surface area contributed by atoms with E-state index in [2.05, 4.69) is 180 Å². The normalized spacial score (nSPS) is 12.7. The molecule has 0 fully saturated rings. The fourth-order valence-electron chi connectivity index (χ4n) is 6.33. The average molecular weight is 620 g/mol. The maximum atomic E-state index is 3.62. The molecular formula is C41H57N5. The van der Waals surface area contributed by atoms with Crippen molar-refractivity contribution in [3.63, 3.8) is 0 Å². The smallest absolute Gasteiger partial charge is 0.0417 e. The first kappa shape index (κ1) is 34.7. The summed E-state index contributed by atoms with van der Waals surface area (Å²) in [5.74, 6) is 1.36. The Kier molecular flexibility index (Phi) is 12.0. The van der Waals surface area contributed by atoms with Crippen LogP contribution in [0.15, 0.2) is 84.9 Å². The van der Waals surface area contributed by atoms with Gasteiger partial charge in [0.25, 0.3) is 0 Å². The molecule has 0 saturated carbocycles. The third-order valence-electron chi connectivity index (χ3n) is 8.30. The zero-order chi connectivity index (χ0) is 33.4. The van der Waals surface area contributed by atoms with Crippen LogP contribution in [0.4, 0.5) is 45.5 Å². The molecule has 0 aliphatic carbocycles. The van der Waals surface area contributed by atoms with Gasteiger partial charge in [-0.05, 0) is 162 Å². The largest absolute Gasteiger partial charge is 0.383 e. The van der Waals surface area contributed by atoms with E-state index in [-0.39, 0.29) is 0 Å². The molecule has 0 bridgehead atoms. The number of anilines is 8. The molecule has 4 rings (SSSR count). The summed E-state index contributed by atoms with van der Waals surface area (Å²) in [5.41, 5.74) is 11.5. The minimum atomic E-state index is 0.299. The number of rotatable bonds is 15. The SMILES string of the molecule is Cc1cc(N(c2ccc(Nc3ccc(NC(C)CC(C)C)cc3)c(C)c2)C(C)C)ccc1Nc1ccc(NC(C)CC(C)C)cc1. The van der Waals surface area contributed by atoms with Crippen molar-refractivity contribution in [2.45, 2.75) is 100 Å². The van der Waals surface area contributed by atoms with E-state index in [1.165, 1.54) is 22.5 Å². The molecule has 4 N–H and O–H groups in total. The molecule has 0 spiro atoms. The molecular weight excluding hydrogens is 562 g/mol. The molecule has 2 atom stereocenters. The van der Waals surface area contributed by atoms with Gasteiger partial charge in [0.1, 0.15) is 0 Å². The zero-order valence-electron chi connectivity index (χ0n) is 29.8. The summed E-state index contributed by atoms with van der Waals surface area (Å²) in [4.78, 5) is 2.41. The van der Waals surface area contributed by atoms with Crippen LogP contribution >= 0.6 is 0 Å². The lowest BCUT2D eigenvalue weighted by molar-refractivity contribution is 0.539. The molecule has 46 heavy (non-hydrogen) atoms. The molecule has 0 heterocycles. The van der Waals surface area contributed by atoms with Crippen LogP contribution in [0.3, 0.4) is 0 Å². The van der Waals surface area contributed by atoms with Crippen LogP contribution in [0, 0.1) is 25.7 Å². The molecule has 0 aromatic heterocycles. The van der Waals surface area contributed by atoms with Gasteiger partial charge < -0.3 is 26.2 Å². The molecule has 0 aliphatic rings. The summed E-state index contributed by atoms with van der Waals surface area (Å²) in [5, 5.41) is 14.5. The molecule has 5 heteroatoms. The first-order chi connectivity index (χ1) is 21.9. The number of nitrogens with one attached hydrogen (secondary N) is 4. The maximum absolute atomic E-state index is 3.62. The molecule has 4 aromatic carbocycles. The van der Waals surface area contributed by atoms with Gasteiger partial charge in [-0.25, -0.2) is 0 Å². The van der Waals surface area contributed by atoms with E-state index in [0.717, 1.165) is 47.0 Å². The van der Waals surface area contributed by atoms with Gasteiger partial charge in [-0.2, -0.15) is 0 Å². The highest BCUT2D eigenvalue weighted by Crippen LogP contribution is 2.34. The van der Waals surface area contributed by atoms with Gasteiger partial charge in [0, 0.05) is 63.6 Å². The van der Waals surface area contributed by atoms with Crippen molar-refractivity contribution in [3.8, 4) is 0 Å². The summed E-state index contributed by atoms with van der Waals surface area (Å²) < 4.78 is 0. The highest BCUT2D eigenvalue weighted by Gasteiger charge is 2.16. The van der Waals surface area contributed by atoms with Crippen molar-refractivity contribution in [2.75, 3.05) is 26.2 Å². The lowest BCUT2D eigenvalue weighted by Crippen LogP contribution is -2.25. The Morgan fingerprint density at radius 2 is 0.826 bits per heavy atom. The number of aryl methyl sites for hydroxylation is 2. The number of hydrogen-bond acceptors (Lipinski definition) is 5. The van der Waals surface area contributed by atoms with Gasteiger partial charge in [-0.3, -0.25) is 0 Å². The average Bonchev–Trinajstić information content (AvgIpc) is 2.97. The number of benzene rings is 4. The monoisotopic (exact) mass is 619 g/mol. The van der Waals surface area contributed by atoms with E-state index in [1.54, 1.807) is 0 Å². The number of hydrogen-bond donors (Lipinski definition) is 4. The molecule has 4 aromatic rings. The Bertz CT molecular complexity index is 1410. The topological polar surface area (TPSA) is 51.4 Å². The number of nitrogens with zero attached hydrogens (tertiary/aromatic N) is 1. The van der Waals surface area contributed by atoms with E-state index >= 15 is 0 Å². The second-order valence-corrected chi connectivity index (χ2v) is 14.2. The molecule has 5 nitrogen and oxygen atoms in total. The van der Waals surface area contributed by atoms with Gasteiger partial charge in [0.2, 0.25) is 0 Å². The Hall–Kier alpha value is -4.12. The van der Waals surface area contributed by atoms with E-state index in [4.69, 9.17) is 0 Å². The second kappa shape index (κ2) is 15.9. The Balaban J connectivity index is 1.43. The fraction of sp³-hybridized carbons (Fsp3) is 0.415. The van der Waals surface area contributed by atoms with Crippen molar-refractivity contribution in [1.82, 2.24) is 0 Å². The minimum absolute atomic E-state index is 0.299. The molecule has 2 unspecified atom stereocenters. The van der Waals surface area contributed by atoms with Crippen molar-refractivity contribution < 1.29 is 0 Å². The molecule has 0 amide bonds. The summed E-state index contributed by atoms with van der Waals surface area (Å²) in [6, 6.07) is 31.8. The zero-order valence-corrected chi connectivity index (χ0v) is 29.8. The van der Waals surface area contributed by atoms with E-state index < -0.39 is 0 Å². The highest BCUT2D eigenvalue weighted by molar-refractivity contribution is 5.74. The van der Waals surface area contributed by atoms with Crippen LogP contribution in [0.2, 0.25) is 0 Å². The van der Waals surface area contributed by atoms with E-state index in [9.17, 15) is 0 Å². The second-order valence-electron chi connectivity index (χ2n) is 14.2. The van der Waals surface area contributed by atoms with Gasteiger partial charge in [0.05, 0.1) is 0 Å². The van der Waals surface area contributed by atoms with Crippen molar-refractivity contribution >= 4 is 45.5 Å². The summed E-state index contributed by atoms with van der Waals surface area (Å²) in [6.07, 6.45) is 2.31. The Morgan fingerprint density at radius 3 is 1.13 bits per heavy atom. The van der Waals surface area contributed by atoms with Crippen LogP contribution in [0.1, 0.15) is 79.4 Å².